The first kappa shape index (κ1) is 20.8. The van der Waals surface area contributed by atoms with Crippen LogP contribution >= 0.6 is 0 Å². The molecule has 0 saturated carbocycles. The van der Waals surface area contributed by atoms with Crippen molar-refractivity contribution in [3.63, 3.8) is 0 Å². The second kappa shape index (κ2) is 10.6. The molecule has 0 saturated heterocycles. The largest absolute Gasteiger partial charge is 0.494 e. The number of rotatable bonds is 8. The molecule has 0 aliphatic rings. The first-order chi connectivity index (χ1) is 13.6. The minimum absolute atomic E-state index is 0.275. The van der Waals surface area contributed by atoms with E-state index in [-0.39, 0.29) is 6.61 Å². The lowest BCUT2D eigenvalue weighted by molar-refractivity contribution is -0.123. The summed E-state index contributed by atoms with van der Waals surface area (Å²) in [4.78, 5) is 24.0. The summed E-state index contributed by atoms with van der Waals surface area (Å²) in [5.41, 5.74) is 6.01. The Balaban J connectivity index is 1.84. The summed E-state index contributed by atoms with van der Waals surface area (Å²) >= 11 is 0. The number of allylic oxidation sites excluding steroid dienone is 1. The van der Waals surface area contributed by atoms with E-state index in [0.29, 0.717) is 29.4 Å². The van der Waals surface area contributed by atoms with E-state index in [9.17, 15) is 9.59 Å². The van der Waals surface area contributed by atoms with Crippen molar-refractivity contribution in [2.45, 2.75) is 13.8 Å². The Labute approximate surface area is 164 Å². The van der Waals surface area contributed by atoms with Gasteiger partial charge in [0.1, 0.15) is 5.75 Å². The fourth-order valence-electron chi connectivity index (χ4n) is 2.35. The zero-order valence-electron chi connectivity index (χ0n) is 16.2. The summed E-state index contributed by atoms with van der Waals surface area (Å²) in [6, 6.07) is 12.0. The Hall–Kier alpha value is -3.48. The second-order valence-corrected chi connectivity index (χ2v) is 5.66. The van der Waals surface area contributed by atoms with Gasteiger partial charge in [-0.3, -0.25) is 20.4 Å². The lowest BCUT2D eigenvalue weighted by atomic mass is 10.2. The number of hydrazine groups is 1. The lowest BCUT2D eigenvalue weighted by Gasteiger charge is -2.12. The highest BCUT2D eigenvalue weighted by Crippen LogP contribution is 2.28. The van der Waals surface area contributed by atoms with Crippen LogP contribution in [0.15, 0.2) is 48.5 Å². The van der Waals surface area contributed by atoms with Crippen LogP contribution in [0.1, 0.15) is 29.8 Å². The molecule has 2 aromatic rings. The van der Waals surface area contributed by atoms with Crippen molar-refractivity contribution in [3.05, 3.63) is 59.7 Å². The van der Waals surface area contributed by atoms with Crippen molar-refractivity contribution in [1.82, 2.24) is 10.9 Å². The summed E-state index contributed by atoms with van der Waals surface area (Å²) in [7, 11) is 1.53. The molecule has 0 aliphatic heterocycles. The summed E-state index contributed by atoms with van der Waals surface area (Å²) in [6.45, 7) is 4.07. The van der Waals surface area contributed by atoms with Crippen LogP contribution in [-0.2, 0) is 4.79 Å². The Morgan fingerprint density at radius 3 is 2.39 bits per heavy atom. The number of hydrogen-bond donors (Lipinski definition) is 2. The van der Waals surface area contributed by atoms with Gasteiger partial charge in [-0.25, -0.2) is 0 Å². The topological polar surface area (TPSA) is 85.9 Å². The molecule has 0 radical (unpaired) electrons. The predicted octanol–water partition coefficient (Wildman–Crippen LogP) is 2.97. The van der Waals surface area contributed by atoms with Crippen LogP contribution in [0.3, 0.4) is 0 Å². The van der Waals surface area contributed by atoms with Gasteiger partial charge in [0.25, 0.3) is 11.8 Å². The average Bonchev–Trinajstić information content (AvgIpc) is 2.72. The third kappa shape index (κ3) is 6.05. The highest BCUT2D eigenvalue weighted by Gasteiger charge is 2.10. The third-order valence-electron chi connectivity index (χ3n) is 3.65. The number of nitrogens with one attached hydrogen (secondary N) is 2. The number of carbonyl (C=O) groups excluding carboxylic acids is 2. The number of hydrogen-bond acceptors (Lipinski definition) is 5. The standard InChI is InChI=1S/C21H24N2O5/c1-4-6-15-7-12-18(19(13-15)26-3)28-14-20(24)22-23-21(25)16-8-10-17(11-9-16)27-5-2/h4,6-13H,5,14H2,1-3H3,(H,22,24)(H,23,25)/b6-4+. The monoisotopic (exact) mass is 384 g/mol. The molecule has 7 heteroatoms. The number of methoxy groups -OCH3 is 1. The molecule has 0 aromatic heterocycles. The summed E-state index contributed by atoms with van der Waals surface area (Å²) in [6.07, 6.45) is 3.84. The molecular weight excluding hydrogens is 360 g/mol. The van der Waals surface area contributed by atoms with Crippen molar-refractivity contribution in [3.8, 4) is 17.2 Å². The van der Waals surface area contributed by atoms with Gasteiger partial charge in [0, 0.05) is 5.56 Å². The molecule has 2 rings (SSSR count). The van der Waals surface area contributed by atoms with Gasteiger partial charge >= 0.3 is 0 Å². The van der Waals surface area contributed by atoms with Crippen molar-refractivity contribution >= 4 is 17.9 Å². The maximum Gasteiger partial charge on any atom is 0.276 e. The van der Waals surface area contributed by atoms with Crippen molar-refractivity contribution < 1.29 is 23.8 Å². The quantitative estimate of drug-likeness (QED) is 0.684. The molecule has 2 aromatic carbocycles. The molecule has 2 amide bonds. The minimum atomic E-state index is -0.501. The molecular formula is C21H24N2O5. The van der Waals surface area contributed by atoms with Crippen LogP contribution in [0.5, 0.6) is 17.2 Å². The number of benzene rings is 2. The smallest absolute Gasteiger partial charge is 0.276 e. The third-order valence-corrected chi connectivity index (χ3v) is 3.65. The first-order valence-corrected chi connectivity index (χ1v) is 8.83. The van der Waals surface area contributed by atoms with Crippen molar-refractivity contribution in [2.75, 3.05) is 20.3 Å². The Kier molecular flexibility index (Phi) is 7.90. The Morgan fingerprint density at radius 1 is 1.00 bits per heavy atom. The Bertz CT molecular complexity index is 831. The highest BCUT2D eigenvalue weighted by molar-refractivity contribution is 5.95. The number of amides is 2. The summed E-state index contributed by atoms with van der Waals surface area (Å²) in [5.74, 6) is 0.681. The SMILES string of the molecule is C/C=C/c1ccc(OCC(=O)NNC(=O)c2ccc(OCC)cc2)c(OC)c1. The molecule has 148 valence electrons. The molecule has 0 spiro atoms. The van der Waals surface area contributed by atoms with Gasteiger partial charge in [-0.05, 0) is 55.8 Å². The van der Waals surface area contributed by atoms with E-state index in [0.717, 1.165) is 5.56 Å². The van der Waals surface area contributed by atoms with Gasteiger partial charge < -0.3 is 14.2 Å². The van der Waals surface area contributed by atoms with Crippen LogP contribution in [-0.4, -0.2) is 32.1 Å². The summed E-state index contributed by atoms with van der Waals surface area (Å²) < 4.78 is 16.1. The van der Waals surface area contributed by atoms with E-state index in [1.54, 1.807) is 36.4 Å². The maximum absolute atomic E-state index is 12.1. The van der Waals surface area contributed by atoms with E-state index in [2.05, 4.69) is 10.9 Å². The van der Waals surface area contributed by atoms with Gasteiger partial charge in [0.15, 0.2) is 18.1 Å². The predicted molar refractivity (Wildman–Crippen MR) is 106 cm³/mol. The molecule has 0 bridgehead atoms. The first-order valence-electron chi connectivity index (χ1n) is 8.83. The van der Waals surface area contributed by atoms with Gasteiger partial charge in [-0.15, -0.1) is 0 Å². The zero-order valence-corrected chi connectivity index (χ0v) is 16.2. The van der Waals surface area contributed by atoms with E-state index < -0.39 is 11.8 Å². The maximum atomic E-state index is 12.1. The summed E-state index contributed by atoms with van der Waals surface area (Å²) in [5, 5.41) is 0. The lowest BCUT2D eigenvalue weighted by Crippen LogP contribution is -2.43. The van der Waals surface area contributed by atoms with Crippen LogP contribution < -0.4 is 25.1 Å². The number of ether oxygens (including phenoxy) is 3. The van der Waals surface area contributed by atoms with Gasteiger partial charge in [0.2, 0.25) is 0 Å². The van der Waals surface area contributed by atoms with Crippen molar-refractivity contribution in [1.29, 1.82) is 0 Å². The Morgan fingerprint density at radius 2 is 1.75 bits per heavy atom. The van der Waals surface area contributed by atoms with Crippen LogP contribution in [0, 0.1) is 0 Å². The van der Waals surface area contributed by atoms with E-state index in [1.807, 2.05) is 32.1 Å². The highest BCUT2D eigenvalue weighted by atomic mass is 16.5. The molecule has 0 aliphatic carbocycles. The normalized spacial score (nSPS) is 10.4. The molecule has 0 unspecified atom stereocenters. The molecule has 0 fully saturated rings. The molecule has 7 nitrogen and oxygen atoms in total. The fourth-order valence-corrected chi connectivity index (χ4v) is 2.35. The fraction of sp³-hybridized carbons (Fsp3) is 0.238. The second-order valence-electron chi connectivity index (χ2n) is 5.66. The van der Waals surface area contributed by atoms with E-state index in [1.165, 1.54) is 7.11 Å². The van der Waals surface area contributed by atoms with Crippen LogP contribution in [0.4, 0.5) is 0 Å². The van der Waals surface area contributed by atoms with Crippen LogP contribution in [0.2, 0.25) is 0 Å². The number of carbonyl (C=O) groups is 2. The van der Waals surface area contributed by atoms with Crippen LogP contribution in [0.25, 0.3) is 6.08 Å². The minimum Gasteiger partial charge on any atom is -0.494 e. The van der Waals surface area contributed by atoms with E-state index >= 15 is 0 Å². The molecule has 28 heavy (non-hydrogen) atoms. The zero-order chi connectivity index (χ0) is 20.4. The molecule has 0 atom stereocenters. The average molecular weight is 384 g/mol. The molecule has 2 N–H and O–H groups in total. The van der Waals surface area contributed by atoms with Gasteiger partial charge in [0.05, 0.1) is 13.7 Å². The van der Waals surface area contributed by atoms with Gasteiger partial charge in [-0.2, -0.15) is 0 Å². The van der Waals surface area contributed by atoms with E-state index in [4.69, 9.17) is 14.2 Å². The molecule has 0 heterocycles. The van der Waals surface area contributed by atoms with Crippen molar-refractivity contribution in [2.24, 2.45) is 0 Å². The van der Waals surface area contributed by atoms with Gasteiger partial charge in [-0.1, -0.05) is 18.2 Å².